The lowest BCUT2D eigenvalue weighted by molar-refractivity contribution is 0.669. The fourth-order valence-corrected chi connectivity index (χ4v) is 8.65. The van der Waals surface area contributed by atoms with Gasteiger partial charge in [0.1, 0.15) is 11.2 Å². The lowest BCUT2D eigenvalue weighted by Gasteiger charge is -2.12. The van der Waals surface area contributed by atoms with E-state index in [9.17, 15) is 0 Å². The van der Waals surface area contributed by atoms with Crippen LogP contribution in [0.3, 0.4) is 0 Å². The highest BCUT2D eigenvalue weighted by molar-refractivity contribution is 6.29. The number of aromatic nitrogens is 5. The summed E-state index contributed by atoms with van der Waals surface area (Å²) < 4.78 is 10.9. The zero-order valence-electron chi connectivity index (χ0n) is 30.5. The molecular formula is C51H31N5O. The molecule has 0 saturated heterocycles. The number of benzene rings is 8. The van der Waals surface area contributed by atoms with Gasteiger partial charge in [-0.15, -0.1) is 0 Å². The predicted octanol–water partition coefficient (Wildman–Crippen LogP) is 13.0. The summed E-state index contributed by atoms with van der Waals surface area (Å²) in [6.07, 6.45) is 0. The van der Waals surface area contributed by atoms with E-state index in [-0.39, 0.29) is 0 Å². The van der Waals surface area contributed by atoms with E-state index >= 15 is 0 Å². The van der Waals surface area contributed by atoms with E-state index in [2.05, 4.69) is 137 Å². The zero-order chi connectivity index (χ0) is 37.5. The average Bonchev–Trinajstić information content (AvgIpc) is 3.94. The summed E-state index contributed by atoms with van der Waals surface area (Å²) >= 11 is 0. The molecule has 0 unspecified atom stereocenters. The van der Waals surface area contributed by atoms with Crippen molar-refractivity contribution in [3.05, 3.63) is 188 Å². The van der Waals surface area contributed by atoms with E-state index in [1.54, 1.807) is 0 Å². The van der Waals surface area contributed by atoms with E-state index in [4.69, 9.17) is 19.4 Å². The van der Waals surface area contributed by atoms with Gasteiger partial charge in [0.2, 0.25) is 0 Å². The molecule has 8 aromatic carbocycles. The molecule has 0 N–H and O–H groups in total. The minimum atomic E-state index is 0.602. The summed E-state index contributed by atoms with van der Waals surface area (Å²) in [6, 6.07) is 65.6. The molecule has 0 amide bonds. The Labute approximate surface area is 326 Å². The van der Waals surface area contributed by atoms with Gasteiger partial charge in [-0.1, -0.05) is 115 Å². The van der Waals surface area contributed by atoms with Gasteiger partial charge in [-0.25, -0.2) is 15.0 Å². The molecule has 0 radical (unpaired) electrons. The van der Waals surface area contributed by atoms with Crippen LogP contribution in [0.15, 0.2) is 192 Å². The number of nitrogens with zero attached hydrogens (tertiary/aromatic N) is 5. The molecule has 0 aliphatic carbocycles. The second-order valence-electron chi connectivity index (χ2n) is 14.4. The maximum absolute atomic E-state index is 6.15. The van der Waals surface area contributed by atoms with Crippen LogP contribution in [0.25, 0.3) is 111 Å². The molecule has 0 saturated carbocycles. The Bertz CT molecular complexity index is 3520. The zero-order valence-corrected chi connectivity index (χ0v) is 30.5. The molecule has 6 nitrogen and oxygen atoms in total. The molecular weight excluding hydrogens is 699 g/mol. The molecule has 4 heterocycles. The summed E-state index contributed by atoms with van der Waals surface area (Å²) in [7, 11) is 0. The maximum Gasteiger partial charge on any atom is 0.164 e. The van der Waals surface area contributed by atoms with Crippen LogP contribution in [-0.2, 0) is 0 Å². The minimum absolute atomic E-state index is 0.602. The SMILES string of the molecule is c1ccc(-c2nc(-c3cccc(-n4c5ccccc5c5c6c7ccccc7n(-c7ccccc7)c6ccc54)c3)nc(-c3ccc4oc5ccccc5c4c3)n2)cc1. The van der Waals surface area contributed by atoms with Gasteiger partial charge in [0, 0.05) is 60.4 Å². The Morgan fingerprint density at radius 1 is 0.316 bits per heavy atom. The molecule has 6 heteroatoms. The number of hydrogen-bond acceptors (Lipinski definition) is 4. The quantitative estimate of drug-likeness (QED) is 0.177. The molecule has 266 valence electrons. The lowest BCUT2D eigenvalue weighted by atomic mass is 10.1. The highest BCUT2D eigenvalue weighted by Gasteiger charge is 2.21. The summed E-state index contributed by atoms with van der Waals surface area (Å²) in [5.41, 5.74) is 11.2. The third kappa shape index (κ3) is 4.87. The van der Waals surface area contributed by atoms with Crippen molar-refractivity contribution in [2.24, 2.45) is 0 Å². The Hall–Kier alpha value is -7.83. The Kier molecular flexibility index (Phi) is 6.83. The van der Waals surface area contributed by atoms with Gasteiger partial charge in [-0.05, 0) is 72.8 Å². The first kappa shape index (κ1) is 31.5. The smallest absolute Gasteiger partial charge is 0.164 e. The van der Waals surface area contributed by atoms with Crippen molar-refractivity contribution in [3.8, 4) is 45.5 Å². The average molecular weight is 730 g/mol. The molecule has 12 aromatic rings. The normalized spacial score (nSPS) is 11.9. The first-order valence-corrected chi connectivity index (χ1v) is 19.1. The van der Waals surface area contributed by atoms with Crippen LogP contribution in [0.1, 0.15) is 0 Å². The maximum atomic E-state index is 6.15. The van der Waals surface area contributed by atoms with Crippen LogP contribution in [-0.4, -0.2) is 24.1 Å². The van der Waals surface area contributed by atoms with Gasteiger partial charge in [0.15, 0.2) is 17.5 Å². The van der Waals surface area contributed by atoms with Gasteiger partial charge in [0.05, 0.1) is 22.1 Å². The van der Waals surface area contributed by atoms with Crippen molar-refractivity contribution in [1.82, 2.24) is 24.1 Å². The highest BCUT2D eigenvalue weighted by atomic mass is 16.3. The summed E-state index contributed by atoms with van der Waals surface area (Å²) in [5.74, 6) is 1.82. The monoisotopic (exact) mass is 729 g/mol. The standard InChI is InChI=1S/C51H31N5O/c1-3-14-32(15-4-1)49-52-50(54-51(53-49)34-26-29-46-40(31-34)37-20-9-12-25-45(37)57-46)33-16-13-19-36(30-33)56-42-24-11-8-22-39(42)48-44(56)28-27-43-47(48)38-21-7-10-23-41(38)55(43)35-17-5-2-6-18-35/h1-31H. The van der Waals surface area contributed by atoms with E-state index < -0.39 is 0 Å². The molecule has 4 aromatic heterocycles. The Morgan fingerprint density at radius 2 is 0.807 bits per heavy atom. The number of hydrogen-bond donors (Lipinski definition) is 0. The molecule has 0 spiro atoms. The Morgan fingerprint density at radius 3 is 1.49 bits per heavy atom. The van der Waals surface area contributed by atoms with Gasteiger partial charge in [-0.3, -0.25) is 0 Å². The van der Waals surface area contributed by atoms with Crippen molar-refractivity contribution in [3.63, 3.8) is 0 Å². The minimum Gasteiger partial charge on any atom is -0.456 e. The topological polar surface area (TPSA) is 61.7 Å². The van der Waals surface area contributed by atoms with Gasteiger partial charge < -0.3 is 13.6 Å². The van der Waals surface area contributed by atoms with Crippen molar-refractivity contribution >= 4 is 65.6 Å². The van der Waals surface area contributed by atoms with Gasteiger partial charge >= 0.3 is 0 Å². The third-order valence-electron chi connectivity index (χ3n) is 11.2. The van der Waals surface area contributed by atoms with Gasteiger partial charge in [0.25, 0.3) is 0 Å². The molecule has 57 heavy (non-hydrogen) atoms. The van der Waals surface area contributed by atoms with Crippen LogP contribution >= 0.6 is 0 Å². The molecule has 0 atom stereocenters. The van der Waals surface area contributed by atoms with Gasteiger partial charge in [-0.2, -0.15) is 0 Å². The number of para-hydroxylation sites is 4. The molecule has 0 fully saturated rings. The van der Waals surface area contributed by atoms with E-state index in [0.717, 1.165) is 61.0 Å². The summed E-state index contributed by atoms with van der Waals surface area (Å²) in [4.78, 5) is 15.3. The van der Waals surface area contributed by atoms with Crippen LogP contribution < -0.4 is 0 Å². The van der Waals surface area contributed by atoms with E-state index in [1.807, 2.05) is 60.7 Å². The van der Waals surface area contributed by atoms with Crippen LogP contribution in [0.4, 0.5) is 0 Å². The molecule has 0 bridgehead atoms. The highest BCUT2D eigenvalue weighted by Crippen LogP contribution is 2.42. The Balaban J connectivity index is 1.07. The lowest BCUT2D eigenvalue weighted by Crippen LogP contribution is -2.01. The second-order valence-corrected chi connectivity index (χ2v) is 14.4. The summed E-state index contributed by atoms with van der Waals surface area (Å²) in [5, 5.41) is 7.00. The van der Waals surface area contributed by atoms with Crippen molar-refractivity contribution in [2.45, 2.75) is 0 Å². The molecule has 0 aliphatic rings. The fraction of sp³-hybridized carbons (Fsp3) is 0. The fourth-order valence-electron chi connectivity index (χ4n) is 8.65. The predicted molar refractivity (Wildman–Crippen MR) is 232 cm³/mol. The molecule has 0 aliphatic heterocycles. The number of furan rings is 1. The van der Waals surface area contributed by atoms with E-state index in [0.29, 0.717) is 17.5 Å². The van der Waals surface area contributed by atoms with Crippen LogP contribution in [0.5, 0.6) is 0 Å². The van der Waals surface area contributed by atoms with Crippen molar-refractivity contribution in [2.75, 3.05) is 0 Å². The largest absolute Gasteiger partial charge is 0.456 e. The van der Waals surface area contributed by atoms with E-state index in [1.165, 1.54) is 32.6 Å². The molecule has 12 rings (SSSR count). The first-order valence-electron chi connectivity index (χ1n) is 19.1. The van der Waals surface area contributed by atoms with Crippen LogP contribution in [0, 0.1) is 0 Å². The summed E-state index contributed by atoms with van der Waals surface area (Å²) in [6.45, 7) is 0. The van der Waals surface area contributed by atoms with Crippen molar-refractivity contribution in [1.29, 1.82) is 0 Å². The number of rotatable bonds is 5. The third-order valence-corrected chi connectivity index (χ3v) is 11.2. The second kappa shape index (κ2) is 12.3. The van der Waals surface area contributed by atoms with Crippen LogP contribution in [0.2, 0.25) is 0 Å². The first-order chi connectivity index (χ1) is 28.3. The van der Waals surface area contributed by atoms with Crippen molar-refractivity contribution < 1.29 is 4.42 Å². The number of fused-ring (bicyclic) bond motifs is 10.